The Morgan fingerprint density at radius 3 is 2.48 bits per heavy atom. The Balaban J connectivity index is 1.94. The predicted molar refractivity (Wildman–Crippen MR) is 80.4 cm³/mol. The number of amides is 1. The van der Waals surface area contributed by atoms with Gasteiger partial charge in [0.2, 0.25) is 5.91 Å². The maximum Gasteiger partial charge on any atom is 0.228 e. The number of nitrogens with zero attached hydrogens (tertiary/aromatic N) is 2. The Labute approximate surface area is 123 Å². The first-order valence-electron chi connectivity index (χ1n) is 6.98. The summed E-state index contributed by atoms with van der Waals surface area (Å²) < 4.78 is 14.4. The van der Waals surface area contributed by atoms with E-state index in [2.05, 4.69) is 4.98 Å². The van der Waals surface area contributed by atoms with Gasteiger partial charge in [0.15, 0.2) is 11.6 Å². The van der Waals surface area contributed by atoms with Crippen molar-refractivity contribution in [1.29, 1.82) is 0 Å². The maximum atomic E-state index is 14.4. The SMILES string of the molecule is CC1(C)CC(=O)N(c2ncc(-c3ccccc3)cc2F)C1. The van der Waals surface area contributed by atoms with Gasteiger partial charge in [-0.2, -0.15) is 0 Å². The van der Waals surface area contributed by atoms with Gasteiger partial charge in [0.25, 0.3) is 0 Å². The van der Waals surface area contributed by atoms with Crippen LogP contribution in [0.4, 0.5) is 10.2 Å². The van der Waals surface area contributed by atoms with Crippen LogP contribution in [0.3, 0.4) is 0 Å². The molecule has 0 bridgehead atoms. The molecule has 0 aliphatic carbocycles. The summed E-state index contributed by atoms with van der Waals surface area (Å²) in [5.74, 6) is -0.397. The number of carbonyl (C=O) groups excluding carboxylic acids is 1. The molecule has 1 aromatic heterocycles. The van der Waals surface area contributed by atoms with Gasteiger partial charge in [-0.3, -0.25) is 9.69 Å². The number of anilines is 1. The van der Waals surface area contributed by atoms with E-state index in [1.54, 1.807) is 6.20 Å². The lowest BCUT2D eigenvalue weighted by molar-refractivity contribution is -0.117. The van der Waals surface area contributed by atoms with E-state index in [1.807, 2.05) is 44.2 Å². The highest BCUT2D eigenvalue weighted by atomic mass is 19.1. The van der Waals surface area contributed by atoms with Gasteiger partial charge in [-0.25, -0.2) is 9.37 Å². The number of halogens is 1. The van der Waals surface area contributed by atoms with Gasteiger partial charge in [-0.15, -0.1) is 0 Å². The zero-order valence-electron chi connectivity index (χ0n) is 12.1. The standard InChI is InChI=1S/C17H17FN2O/c1-17(2)9-15(21)20(11-17)16-14(18)8-13(10-19-16)12-6-4-3-5-7-12/h3-8,10H,9,11H2,1-2H3. The van der Waals surface area contributed by atoms with E-state index in [0.29, 0.717) is 18.5 Å². The number of rotatable bonds is 2. The molecule has 1 amide bonds. The number of carbonyl (C=O) groups is 1. The Morgan fingerprint density at radius 2 is 1.90 bits per heavy atom. The highest BCUT2D eigenvalue weighted by Gasteiger charge is 2.38. The maximum absolute atomic E-state index is 14.4. The van der Waals surface area contributed by atoms with Gasteiger partial charge in [-0.05, 0) is 17.0 Å². The van der Waals surface area contributed by atoms with Gasteiger partial charge in [0.1, 0.15) is 0 Å². The monoisotopic (exact) mass is 284 g/mol. The van der Waals surface area contributed by atoms with Crippen LogP contribution in [-0.2, 0) is 4.79 Å². The molecule has 0 saturated carbocycles. The quantitative estimate of drug-likeness (QED) is 0.843. The van der Waals surface area contributed by atoms with Crippen molar-refractivity contribution in [2.75, 3.05) is 11.4 Å². The first-order valence-corrected chi connectivity index (χ1v) is 6.98. The summed E-state index contributed by atoms with van der Waals surface area (Å²) in [6.45, 7) is 4.50. The first-order chi connectivity index (χ1) is 9.96. The fourth-order valence-corrected chi connectivity index (χ4v) is 2.69. The Hall–Kier alpha value is -2.23. The summed E-state index contributed by atoms with van der Waals surface area (Å²) in [7, 11) is 0. The number of hydrogen-bond donors (Lipinski definition) is 0. The molecular formula is C17H17FN2O. The normalized spacial score (nSPS) is 17.3. The fraction of sp³-hybridized carbons (Fsp3) is 0.294. The van der Waals surface area contributed by atoms with E-state index in [9.17, 15) is 9.18 Å². The molecule has 0 spiro atoms. The van der Waals surface area contributed by atoms with Crippen LogP contribution in [0.1, 0.15) is 20.3 Å². The van der Waals surface area contributed by atoms with Crippen LogP contribution in [-0.4, -0.2) is 17.4 Å². The Kier molecular flexibility index (Phi) is 3.24. The number of aromatic nitrogens is 1. The third-order valence-electron chi connectivity index (χ3n) is 3.70. The number of benzene rings is 1. The van der Waals surface area contributed by atoms with E-state index in [0.717, 1.165) is 5.56 Å². The molecule has 3 nitrogen and oxygen atoms in total. The second kappa shape index (κ2) is 4.95. The summed E-state index contributed by atoms with van der Waals surface area (Å²) >= 11 is 0. The molecule has 1 aromatic carbocycles. The minimum Gasteiger partial charge on any atom is -0.294 e. The Bertz CT molecular complexity index is 682. The van der Waals surface area contributed by atoms with Gasteiger partial charge < -0.3 is 0 Å². The summed E-state index contributed by atoms with van der Waals surface area (Å²) in [5.41, 5.74) is 1.48. The van der Waals surface area contributed by atoms with E-state index >= 15 is 0 Å². The predicted octanol–water partition coefficient (Wildman–Crippen LogP) is 3.65. The number of hydrogen-bond acceptors (Lipinski definition) is 2. The molecule has 0 atom stereocenters. The average Bonchev–Trinajstić information content (AvgIpc) is 2.73. The third kappa shape index (κ3) is 2.66. The van der Waals surface area contributed by atoms with Crippen LogP contribution in [0.15, 0.2) is 42.6 Å². The van der Waals surface area contributed by atoms with Gasteiger partial charge in [-0.1, -0.05) is 44.2 Å². The van der Waals surface area contributed by atoms with Crippen molar-refractivity contribution in [3.05, 3.63) is 48.4 Å². The highest BCUT2D eigenvalue weighted by Crippen LogP contribution is 2.34. The largest absolute Gasteiger partial charge is 0.294 e. The molecule has 108 valence electrons. The molecule has 1 saturated heterocycles. The van der Waals surface area contributed by atoms with Crippen molar-refractivity contribution in [1.82, 2.24) is 4.98 Å². The molecule has 0 radical (unpaired) electrons. The third-order valence-corrected chi connectivity index (χ3v) is 3.70. The second-order valence-electron chi connectivity index (χ2n) is 6.22. The van der Waals surface area contributed by atoms with Crippen molar-refractivity contribution in [3.63, 3.8) is 0 Å². The molecule has 3 rings (SSSR count). The molecule has 21 heavy (non-hydrogen) atoms. The molecular weight excluding hydrogens is 267 g/mol. The first kappa shape index (κ1) is 13.7. The Morgan fingerprint density at radius 1 is 1.19 bits per heavy atom. The van der Waals surface area contributed by atoms with Crippen LogP contribution >= 0.6 is 0 Å². The van der Waals surface area contributed by atoms with Gasteiger partial charge in [0.05, 0.1) is 0 Å². The smallest absolute Gasteiger partial charge is 0.228 e. The van der Waals surface area contributed by atoms with Crippen molar-refractivity contribution in [2.24, 2.45) is 5.41 Å². The van der Waals surface area contributed by atoms with E-state index in [1.165, 1.54) is 11.0 Å². The average molecular weight is 284 g/mol. The summed E-state index contributed by atoms with van der Waals surface area (Å²) in [5, 5.41) is 0. The van der Waals surface area contributed by atoms with Crippen LogP contribution in [0, 0.1) is 11.2 Å². The van der Waals surface area contributed by atoms with Crippen LogP contribution in [0.5, 0.6) is 0 Å². The molecule has 2 heterocycles. The van der Waals surface area contributed by atoms with E-state index in [4.69, 9.17) is 0 Å². The molecule has 4 heteroatoms. The fourth-order valence-electron chi connectivity index (χ4n) is 2.69. The van der Waals surface area contributed by atoms with Crippen molar-refractivity contribution >= 4 is 11.7 Å². The van der Waals surface area contributed by atoms with Gasteiger partial charge >= 0.3 is 0 Å². The molecule has 1 aliphatic heterocycles. The van der Waals surface area contributed by atoms with Crippen molar-refractivity contribution < 1.29 is 9.18 Å². The van der Waals surface area contributed by atoms with Gasteiger partial charge in [0, 0.05) is 24.7 Å². The van der Waals surface area contributed by atoms with E-state index < -0.39 is 5.82 Å². The summed E-state index contributed by atoms with van der Waals surface area (Å²) in [6.07, 6.45) is 2.04. The topological polar surface area (TPSA) is 33.2 Å². The molecule has 1 fully saturated rings. The molecule has 0 unspecified atom stereocenters. The molecule has 0 N–H and O–H groups in total. The minimum absolute atomic E-state index is 0.0705. The minimum atomic E-state index is -0.456. The number of pyridine rings is 1. The second-order valence-corrected chi connectivity index (χ2v) is 6.22. The zero-order valence-corrected chi connectivity index (χ0v) is 12.1. The van der Waals surface area contributed by atoms with E-state index in [-0.39, 0.29) is 17.1 Å². The summed E-state index contributed by atoms with van der Waals surface area (Å²) in [6, 6.07) is 10.9. The molecule has 2 aromatic rings. The van der Waals surface area contributed by atoms with Crippen molar-refractivity contribution in [3.8, 4) is 11.1 Å². The molecule has 1 aliphatic rings. The lowest BCUT2D eigenvalue weighted by atomic mass is 9.93. The highest BCUT2D eigenvalue weighted by molar-refractivity contribution is 5.95. The summed E-state index contributed by atoms with van der Waals surface area (Å²) in [4.78, 5) is 17.6. The lowest BCUT2D eigenvalue weighted by Gasteiger charge is -2.19. The zero-order chi connectivity index (χ0) is 15.0. The van der Waals surface area contributed by atoms with Crippen LogP contribution in [0.2, 0.25) is 0 Å². The lowest BCUT2D eigenvalue weighted by Crippen LogP contribution is -2.27. The van der Waals surface area contributed by atoms with Crippen molar-refractivity contribution in [2.45, 2.75) is 20.3 Å². The van der Waals surface area contributed by atoms with Crippen LogP contribution < -0.4 is 4.90 Å². The van der Waals surface area contributed by atoms with Crippen LogP contribution in [0.25, 0.3) is 11.1 Å².